The van der Waals surface area contributed by atoms with Crippen LogP contribution in [0, 0.1) is 0 Å². The van der Waals surface area contributed by atoms with E-state index in [0.29, 0.717) is 5.69 Å². The molecule has 152 valence electrons. The van der Waals surface area contributed by atoms with Gasteiger partial charge in [0.15, 0.2) is 6.61 Å². The van der Waals surface area contributed by atoms with E-state index in [1.54, 1.807) is 17.8 Å². The molecule has 0 aromatic heterocycles. The van der Waals surface area contributed by atoms with Gasteiger partial charge in [0.1, 0.15) is 5.75 Å². The molecule has 0 aliphatic carbocycles. The first-order valence-electron chi connectivity index (χ1n) is 8.20. The number of carbonyl (C=O) groups is 1. The van der Waals surface area contributed by atoms with Gasteiger partial charge < -0.3 is 14.8 Å². The Morgan fingerprint density at radius 2 is 2.00 bits per heavy atom. The third-order valence-electron chi connectivity index (χ3n) is 3.52. The molecule has 0 unspecified atom stereocenters. The lowest BCUT2D eigenvalue weighted by Crippen LogP contribution is -2.27. The van der Waals surface area contributed by atoms with E-state index in [1.807, 2.05) is 24.5 Å². The van der Waals surface area contributed by atoms with Crippen molar-refractivity contribution in [1.82, 2.24) is 4.72 Å². The van der Waals surface area contributed by atoms with Crippen LogP contribution in [0.25, 0.3) is 0 Å². The fraction of sp³-hybridized carbons (Fsp3) is 0.278. The third-order valence-corrected chi connectivity index (χ3v) is 6.00. The fourth-order valence-corrected chi connectivity index (χ4v) is 3.97. The van der Waals surface area contributed by atoms with Gasteiger partial charge in [-0.05, 0) is 42.7 Å². The molecule has 0 spiro atoms. The van der Waals surface area contributed by atoms with E-state index in [2.05, 4.69) is 10.0 Å². The zero-order valence-electron chi connectivity index (χ0n) is 15.4. The number of anilines is 1. The highest BCUT2D eigenvalue weighted by Crippen LogP contribution is 2.27. The van der Waals surface area contributed by atoms with Crippen molar-refractivity contribution in [2.75, 3.05) is 38.4 Å². The predicted molar refractivity (Wildman–Crippen MR) is 111 cm³/mol. The van der Waals surface area contributed by atoms with Crippen molar-refractivity contribution in [3.63, 3.8) is 0 Å². The number of amides is 1. The molecular weight excluding hydrogens is 424 g/mol. The first kappa shape index (κ1) is 22.5. The monoisotopic (exact) mass is 444 g/mol. The Kier molecular flexibility index (Phi) is 8.58. The van der Waals surface area contributed by atoms with Crippen LogP contribution in [0.2, 0.25) is 5.02 Å². The van der Waals surface area contributed by atoms with Gasteiger partial charge in [0.05, 0.1) is 16.5 Å². The molecule has 2 N–H and O–H groups in total. The minimum Gasteiger partial charge on any atom is -0.482 e. The minimum absolute atomic E-state index is 0.000662. The molecule has 2 aromatic carbocycles. The van der Waals surface area contributed by atoms with E-state index in [9.17, 15) is 13.2 Å². The lowest BCUT2D eigenvalue weighted by atomic mass is 10.3. The van der Waals surface area contributed by atoms with Crippen LogP contribution in [0.4, 0.5) is 5.69 Å². The van der Waals surface area contributed by atoms with Crippen LogP contribution >= 0.6 is 23.4 Å². The van der Waals surface area contributed by atoms with Crippen LogP contribution in [-0.4, -0.2) is 47.4 Å². The van der Waals surface area contributed by atoms with Crippen molar-refractivity contribution in [2.45, 2.75) is 9.79 Å². The Morgan fingerprint density at radius 3 is 2.68 bits per heavy atom. The summed E-state index contributed by atoms with van der Waals surface area (Å²) < 4.78 is 36.9. The maximum Gasteiger partial charge on any atom is 0.262 e. The number of methoxy groups -OCH3 is 1. The average molecular weight is 445 g/mol. The number of ether oxygens (including phenoxy) is 2. The molecule has 0 aliphatic heterocycles. The maximum absolute atomic E-state index is 12.2. The number of benzene rings is 2. The van der Waals surface area contributed by atoms with Crippen LogP contribution in [-0.2, 0) is 19.6 Å². The summed E-state index contributed by atoms with van der Waals surface area (Å²) in [6.45, 7) is 0.136. The van der Waals surface area contributed by atoms with E-state index >= 15 is 0 Å². The summed E-state index contributed by atoms with van der Waals surface area (Å²) in [5, 5.41) is 2.82. The summed E-state index contributed by atoms with van der Waals surface area (Å²) in [5.41, 5.74) is 0.662. The van der Waals surface area contributed by atoms with E-state index in [-0.39, 0.29) is 41.3 Å². The van der Waals surface area contributed by atoms with Crippen molar-refractivity contribution in [3.8, 4) is 5.75 Å². The maximum atomic E-state index is 12.2. The molecule has 0 heterocycles. The SMILES string of the molecule is COCCNS(=O)(=O)c1ccc(OCC(=O)Nc2cccc(SC)c2)c(Cl)c1. The number of rotatable bonds is 10. The van der Waals surface area contributed by atoms with Gasteiger partial charge >= 0.3 is 0 Å². The van der Waals surface area contributed by atoms with Crippen LogP contribution in [0.5, 0.6) is 5.75 Å². The van der Waals surface area contributed by atoms with Crippen molar-refractivity contribution in [3.05, 3.63) is 47.5 Å². The normalized spacial score (nSPS) is 11.2. The Hall–Kier alpha value is -1.78. The molecule has 7 nitrogen and oxygen atoms in total. The first-order valence-corrected chi connectivity index (χ1v) is 11.3. The van der Waals surface area contributed by atoms with Crippen molar-refractivity contribution in [2.24, 2.45) is 0 Å². The summed E-state index contributed by atoms with van der Waals surface area (Å²) in [7, 11) is -2.22. The van der Waals surface area contributed by atoms with E-state index in [1.165, 1.54) is 25.3 Å². The van der Waals surface area contributed by atoms with Gasteiger partial charge in [0.2, 0.25) is 10.0 Å². The molecule has 0 saturated heterocycles. The summed E-state index contributed by atoms with van der Waals surface area (Å²) in [6, 6.07) is 11.5. The molecular formula is C18H21ClN2O5S2. The van der Waals surface area contributed by atoms with Gasteiger partial charge in [-0.3, -0.25) is 4.79 Å². The molecule has 0 fully saturated rings. The van der Waals surface area contributed by atoms with Gasteiger partial charge in [-0.1, -0.05) is 17.7 Å². The molecule has 1 amide bonds. The number of nitrogens with one attached hydrogen (secondary N) is 2. The van der Waals surface area contributed by atoms with Crippen LogP contribution in [0.3, 0.4) is 0 Å². The Morgan fingerprint density at radius 1 is 1.21 bits per heavy atom. The third kappa shape index (κ3) is 6.68. The minimum atomic E-state index is -3.70. The number of sulfonamides is 1. The van der Waals surface area contributed by atoms with Gasteiger partial charge in [0.25, 0.3) is 5.91 Å². The van der Waals surface area contributed by atoms with E-state index in [4.69, 9.17) is 21.1 Å². The highest BCUT2D eigenvalue weighted by molar-refractivity contribution is 7.98. The van der Waals surface area contributed by atoms with Gasteiger partial charge in [-0.15, -0.1) is 11.8 Å². The second-order valence-electron chi connectivity index (χ2n) is 5.55. The summed E-state index contributed by atoms with van der Waals surface area (Å²) in [5.74, 6) is -0.141. The predicted octanol–water partition coefficient (Wildman–Crippen LogP) is 3.00. The molecule has 0 bridgehead atoms. The highest BCUT2D eigenvalue weighted by Gasteiger charge is 2.16. The number of halogens is 1. The van der Waals surface area contributed by atoms with Gasteiger partial charge in [-0.25, -0.2) is 13.1 Å². The molecule has 2 rings (SSSR count). The lowest BCUT2D eigenvalue weighted by Gasteiger charge is -2.11. The summed E-state index contributed by atoms with van der Waals surface area (Å²) >= 11 is 7.67. The van der Waals surface area contributed by atoms with Crippen LogP contribution in [0.1, 0.15) is 0 Å². The molecule has 28 heavy (non-hydrogen) atoms. The standard InChI is InChI=1S/C18H21ClN2O5S2/c1-25-9-8-20-28(23,24)15-6-7-17(16(19)11-15)26-12-18(22)21-13-4-3-5-14(10-13)27-2/h3-7,10-11,20H,8-9,12H2,1-2H3,(H,21,22). The largest absolute Gasteiger partial charge is 0.482 e. The molecule has 0 radical (unpaired) electrons. The van der Waals surface area contributed by atoms with Gasteiger partial charge in [-0.2, -0.15) is 0 Å². The molecule has 0 atom stereocenters. The smallest absolute Gasteiger partial charge is 0.262 e. The second-order valence-corrected chi connectivity index (χ2v) is 8.61. The fourth-order valence-electron chi connectivity index (χ4n) is 2.17. The number of carbonyl (C=O) groups excluding carboxylic acids is 1. The molecule has 2 aromatic rings. The van der Waals surface area contributed by atoms with E-state index in [0.717, 1.165) is 4.90 Å². The average Bonchev–Trinajstić information content (AvgIpc) is 2.67. The zero-order chi connectivity index (χ0) is 20.6. The Balaban J connectivity index is 1.96. The van der Waals surface area contributed by atoms with Crippen molar-refractivity contribution in [1.29, 1.82) is 0 Å². The highest BCUT2D eigenvalue weighted by atomic mass is 35.5. The van der Waals surface area contributed by atoms with E-state index < -0.39 is 10.0 Å². The number of hydrogen-bond acceptors (Lipinski definition) is 6. The number of hydrogen-bond donors (Lipinski definition) is 2. The lowest BCUT2D eigenvalue weighted by molar-refractivity contribution is -0.118. The van der Waals surface area contributed by atoms with Gasteiger partial charge in [0, 0.05) is 24.2 Å². The second kappa shape index (κ2) is 10.7. The molecule has 10 heteroatoms. The van der Waals surface area contributed by atoms with Crippen molar-refractivity contribution < 1.29 is 22.7 Å². The topological polar surface area (TPSA) is 93.7 Å². The Labute approximate surface area is 173 Å². The molecule has 0 aliphatic rings. The zero-order valence-corrected chi connectivity index (χ0v) is 17.8. The van der Waals surface area contributed by atoms with Crippen molar-refractivity contribution >= 4 is 45.0 Å². The Bertz CT molecular complexity index is 922. The summed E-state index contributed by atoms with van der Waals surface area (Å²) in [6.07, 6.45) is 1.95. The van der Waals surface area contributed by atoms with Crippen LogP contribution in [0.15, 0.2) is 52.3 Å². The first-order chi connectivity index (χ1) is 13.4. The number of thioether (sulfide) groups is 1. The molecule has 0 saturated carbocycles. The summed E-state index contributed by atoms with van der Waals surface area (Å²) in [4.78, 5) is 13.1. The van der Waals surface area contributed by atoms with Crippen LogP contribution < -0.4 is 14.8 Å². The quantitative estimate of drug-likeness (QED) is 0.432.